The van der Waals surface area contributed by atoms with E-state index in [1.807, 2.05) is 85.1 Å². The van der Waals surface area contributed by atoms with Crippen molar-refractivity contribution in [2.24, 2.45) is 0 Å². The molecule has 0 unspecified atom stereocenters. The van der Waals surface area contributed by atoms with Crippen LogP contribution in [0.2, 0.25) is 0 Å². The molecule has 0 aliphatic rings. The Labute approximate surface area is 623 Å². The fraction of sp³-hybridized carbons (Fsp3) is 0. The number of nitrogens with zero attached hydrogens (tertiary/aromatic N) is 8. The molecule has 0 radical (unpaired) electrons. The lowest BCUT2D eigenvalue weighted by atomic mass is 9.85. The molecule has 0 aliphatic heterocycles. The van der Waals surface area contributed by atoms with E-state index >= 15 is 0 Å². The number of fused-ring (bicyclic) bond motifs is 12. The third kappa shape index (κ3) is 11.5. The first-order chi connectivity index (χ1) is 53.5. The molecule has 0 N–H and O–H groups in total. The maximum absolute atomic E-state index is 5.35. The largest absolute Gasteiger partial charge is 0.265 e. The van der Waals surface area contributed by atoms with Crippen molar-refractivity contribution >= 4 is 64.6 Å². The van der Waals surface area contributed by atoms with Gasteiger partial charge < -0.3 is 0 Å². The molecule has 0 amide bonds. The minimum Gasteiger partial charge on any atom is -0.265 e. The first-order valence-electron chi connectivity index (χ1n) is 36.3. The molecule has 0 saturated carbocycles. The van der Waals surface area contributed by atoms with Crippen LogP contribution in [0.3, 0.4) is 0 Å². The minimum atomic E-state index is 0.513. The molecule has 8 heteroatoms. The number of hydrogen-bond acceptors (Lipinski definition) is 8. The van der Waals surface area contributed by atoms with E-state index in [9.17, 15) is 0 Å². The zero-order chi connectivity index (χ0) is 71.4. The minimum absolute atomic E-state index is 0.513. The normalized spacial score (nSPS) is 11.5. The van der Waals surface area contributed by atoms with E-state index in [0.717, 1.165) is 106 Å². The molecule has 108 heavy (non-hydrogen) atoms. The second kappa shape index (κ2) is 26.9. The number of pyridine rings is 2. The Kier molecular flexibility index (Phi) is 15.7. The summed E-state index contributed by atoms with van der Waals surface area (Å²) in [6.07, 6.45) is 5.40. The van der Waals surface area contributed by atoms with Crippen molar-refractivity contribution in [1.82, 2.24) is 39.9 Å². The topological polar surface area (TPSA) is 103 Å². The fourth-order valence-corrected chi connectivity index (χ4v) is 15.7. The predicted molar refractivity (Wildman–Crippen MR) is 445 cm³/mol. The Balaban J connectivity index is 0.686. The highest BCUT2D eigenvalue weighted by Gasteiger charge is 2.23. The van der Waals surface area contributed by atoms with Crippen molar-refractivity contribution in [2.45, 2.75) is 0 Å². The first kappa shape index (κ1) is 63.1. The summed E-state index contributed by atoms with van der Waals surface area (Å²) in [4.78, 5) is 40.9. The van der Waals surface area contributed by atoms with Crippen LogP contribution in [0.5, 0.6) is 0 Å². The third-order valence-corrected chi connectivity index (χ3v) is 20.9. The molecule has 502 valence electrons. The van der Waals surface area contributed by atoms with Crippen molar-refractivity contribution in [3.63, 3.8) is 0 Å². The summed E-state index contributed by atoms with van der Waals surface area (Å²) in [6.45, 7) is 0. The van der Waals surface area contributed by atoms with Gasteiger partial charge >= 0.3 is 0 Å². The first-order valence-corrected chi connectivity index (χ1v) is 36.3. The molecule has 0 bridgehead atoms. The van der Waals surface area contributed by atoms with E-state index in [1.54, 1.807) is 12.4 Å². The molecular formula is C100H62N8. The molecule has 0 saturated heterocycles. The number of rotatable bonds is 13. The molecule has 16 aromatic carbocycles. The lowest BCUT2D eigenvalue weighted by Crippen LogP contribution is -2.01. The van der Waals surface area contributed by atoms with E-state index in [1.165, 1.54) is 70.2 Å². The van der Waals surface area contributed by atoms with Gasteiger partial charge in [0.25, 0.3) is 0 Å². The van der Waals surface area contributed by atoms with E-state index in [2.05, 4.69) is 284 Å². The molecule has 4 heterocycles. The van der Waals surface area contributed by atoms with E-state index < -0.39 is 0 Å². The van der Waals surface area contributed by atoms with Crippen molar-refractivity contribution in [2.75, 3.05) is 0 Å². The Bertz CT molecular complexity index is 6810. The quantitative estimate of drug-likeness (QED) is 0.105. The second-order valence-corrected chi connectivity index (χ2v) is 27.3. The van der Waals surface area contributed by atoms with Crippen molar-refractivity contribution in [1.29, 1.82) is 0 Å². The molecule has 0 fully saturated rings. The van der Waals surface area contributed by atoms with Gasteiger partial charge in [0.15, 0.2) is 34.9 Å². The van der Waals surface area contributed by atoms with Crippen LogP contribution in [0, 0.1) is 0 Å². The lowest BCUT2D eigenvalue weighted by Gasteiger charge is -2.19. The van der Waals surface area contributed by atoms with Crippen LogP contribution in [0.1, 0.15) is 0 Å². The van der Waals surface area contributed by atoms with Gasteiger partial charge in [0.2, 0.25) is 0 Å². The molecule has 4 aromatic heterocycles. The molecule has 20 rings (SSSR count). The van der Waals surface area contributed by atoms with Crippen LogP contribution in [0.25, 0.3) is 211 Å². The van der Waals surface area contributed by atoms with E-state index in [0.29, 0.717) is 34.9 Å². The van der Waals surface area contributed by atoms with Crippen LogP contribution in [0.15, 0.2) is 377 Å². The van der Waals surface area contributed by atoms with Crippen LogP contribution < -0.4 is 0 Å². The standard InChI is InChI=1S/C100H62N8/c1-3-22-63(23-4-1)95-103-96(64-24-5-2-6-25-64)108-100(107-95)90-43-18-17-40-84(90)78-34-9-10-37-81(78)87-49-46-73(61-91(87)72-45-48-89-83-39-12-8-33-77(83)80-36-14-16-42-86(80)93(89)60-72)94-62-75(52-55-102-94)99-105-97(65-50-53-101-54-51-65)104-98(106-99)74-31-21-30-70(58-74)68-28-19-26-66(56-68)67-27-20-29-69(57-67)71-44-47-88-82-38-11-7-32-76(82)79-35-13-15-41-85(79)92(88)59-71/h1-62H. The highest BCUT2D eigenvalue weighted by Crippen LogP contribution is 2.46. The van der Waals surface area contributed by atoms with Crippen LogP contribution in [0.4, 0.5) is 0 Å². The monoisotopic (exact) mass is 1370 g/mol. The van der Waals surface area contributed by atoms with Gasteiger partial charge in [-0.15, -0.1) is 0 Å². The molecule has 0 atom stereocenters. The maximum Gasteiger partial charge on any atom is 0.164 e. The summed E-state index contributed by atoms with van der Waals surface area (Å²) < 4.78 is 0. The Morgan fingerprint density at radius 2 is 0.435 bits per heavy atom. The number of hydrogen-bond donors (Lipinski definition) is 0. The number of aromatic nitrogens is 8. The maximum atomic E-state index is 5.35. The van der Waals surface area contributed by atoms with E-state index in [4.69, 9.17) is 34.9 Å². The van der Waals surface area contributed by atoms with Crippen molar-refractivity contribution in [3.8, 4) is 146 Å². The Morgan fingerprint density at radius 1 is 0.139 bits per heavy atom. The van der Waals surface area contributed by atoms with Crippen LogP contribution in [-0.2, 0) is 0 Å². The van der Waals surface area contributed by atoms with Crippen molar-refractivity contribution in [3.05, 3.63) is 377 Å². The summed E-state index contributed by atoms with van der Waals surface area (Å²) >= 11 is 0. The van der Waals surface area contributed by atoms with Gasteiger partial charge in [-0.2, -0.15) is 0 Å². The van der Waals surface area contributed by atoms with E-state index in [-0.39, 0.29) is 0 Å². The number of benzene rings is 16. The average Bonchev–Trinajstić information content (AvgIpc) is 0.752. The summed E-state index contributed by atoms with van der Waals surface area (Å²) in [6, 6.07) is 127. The van der Waals surface area contributed by atoms with Crippen LogP contribution in [-0.4, -0.2) is 39.9 Å². The van der Waals surface area contributed by atoms with Crippen LogP contribution >= 0.6 is 0 Å². The Morgan fingerprint density at radius 3 is 0.907 bits per heavy atom. The second-order valence-electron chi connectivity index (χ2n) is 27.3. The average molecular weight is 1380 g/mol. The molecular weight excluding hydrogens is 1310 g/mol. The zero-order valence-electron chi connectivity index (χ0n) is 58.4. The highest BCUT2D eigenvalue weighted by molar-refractivity contribution is 6.27. The van der Waals surface area contributed by atoms with Gasteiger partial charge in [-0.1, -0.05) is 297 Å². The molecule has 0 spiro atoms. The van der Waals surface area contributed by atoms with Gasteiger partial charge in [-0.3, -0.25) is 9.97 Å². The smallest absolute Gasteiger partial charge is 0.164 e. The van der Waals surface area contributed by atoms with Gasteiger partial charge in [-0.05, 0) is 192 Å². The third-order valence-electron chi connectivity index (χ3n) is 20.9. The lowest BCUT2D eigenvalue weighted by molar-refractivity contribution is 1.07. The van der Waals surface area contributed by atoms with Gasteiger partial charge in [-0.25, -0.2) is 29.9 Å². The SMILES string of the molecule is c1ccc(-c2nc(-c3ccccc3)nc(-c3ccccc3-c3ccccc3-c3ccc(-c4cc(-c5nc(-c6ccncc6)nc(-c6cccc(-c7cccc(-c8cccc(-c9ccc%10c%11ccccc%11c%11ccccc%11c%10c9)c8)c7)c6)n5)ccn4)cc3-c3ccc4c5ccccc5c5ccccc5c4c3)n2)cc1. The summed E-state index contributed by atoms with van der Waals surface area (Å²) in [5.41, 5.74) is 19.7. The van der Waals surface area contributed by atoms with Gasteiger partial charge in [0.05, 0.1) is 5.69 Å². The molecule has 8 nitrogen and oxygen atoms in total. The summed E-state index contributed by atoms with van der Waals surface area (Å²) in [5, 5.41) is 14.8. The predicted octanol–water partition coefficient (Wildman–Crippen LogP) is 25.4. The van der Waals surface area contributed by atoms with Gasteiger partial charge in [0.1, 0.15) is 0 Å². The fourth-order valence-electron chi connectivity index (χ4n) is 15.7. The van der Waals surface area contributed by atoms with Gasteiger partial charge in [0, 0.05) is 57.5 Å². The summed E-state index contributed by atoms with van der Waals surface area (Å²) in [7, 11) is 0. The molecule has 0 aliphatic carbocycles. The Hall–Kier alpha value is -14.6. The molecule has 20 aromatic rings. The van der Waals surface area contributed by atoms with Crippen molar-refractivity contribution < 1.29 is 0 Å². The summed E-state index contributed by atoms with van der Waals surface area (Å²) in [5.74, 6) is 3.36. The zero-order valence-corrected chi connectivity index (χ0v) is 58.4. The highest BCUT2D eigenvalue weighted by atomic mass is 15.0.